The molecule has 1 amide bonds. The molecule has 1 aromatic heterocycles. The molecule has 4 aromatic rings. The molecule has 7 heteroatoms. The van der Waals surface area contributed by atoms with E-state index in [1.165, 1.54) is 12.1 Å². The lowest BCUT2D eigenvalue weighted by atomic mass is 10.1. The molecule has 166 valence electrons. The normalized spacial score (nSPS) is 12.4. The van der Waals surface area contributed by atoms with Crippen LogP contribution in [0.25, 0.3) is 22.5 Å². The van der Waals surface area contributed by atoms with E-state index in [-0.39, 0.29) is 11.7 Å². The predicted molar refractivity (Wildman–Crippen MR) is 123 cm³/mol. The number of ether oxygens (including phenoxy) is 2. The second-order valence-corrected chi connectivity index (χ2v) is 7.71. The SMILES string of the molecule is O=C(NCCc1ccc(F)cc1)c1ccc(-c2cc(-c3cccc4c3OCCO4)[nH]n2)cc1. The first-order valence-electron chi connectivity index (χ1n) is 10.7. The summed E-state index contributed by atoms with van der Waals surface area (Å²) in [6.07, 6.45) is 0.637. The summed E-state index contributed by atoms with van der Waals surface area (Å²) in [4.78, 5) is 12.4. The lowest BCUT2D eigenvalue weighted by Crippen LogP contribution is -2.25. The van der Waals surface area contributed by atoms with Gasteiger partial charge in [-0.05, 0) is 54.4 Å². The van der Waals surface area contributed by atoms with Crippen LogP contribution in [0.4, 0.5) is 4.39 Å². The Kier molecular flexibility index (Phi) is 5.76. The highest BCUT2D eigenvalue weighted by atomic mass is 19.1. The summed E-state index contributed by atoms with van der Waals surface area (Å²) >= 11 is 0. The molecule has 1 aliphatic heterocycles. The molecule has 2 N–H and O–H groups in total. The van der Waals surface area contributed by atoms with Crippen molar-refractivity contribution in [2.45, 2.75) is 6.42 Å². The minimum atomic E-state index is -0.266. The monoisotopic (exact) mass is 443 g/mol. The average Bonchev–Trinajstić information content (AvgIpc) is 3.35. The molecule has 0 aliphatic carbocycles. The molecule has 2 heterocycles. The molecular formula is C26H22FN3O3. The summed E-state index contributed by atoms with van der Waals surface area (Å²) in [5.74, 6) is 1.02. The number of carbonyl (C=O) groups excluding carboxylic acids is 1. The molecular weight excluding hydrogens is 421 g/mol. The highest BCUT2D eigenvalue weighted by molar-refractivity contribution is 5.94. The van der Waals surface area contributed by atoms with Gasteiger partial charge in [0.05, 0.1) is 11.4 Å². The van der Waals surface area contributed by atoms with Crippen molar-refractivity contribution in [1.82, 2.24) is 15.5 Å². The third-order valence-electron chi connectivity index (χ3n) is 5.49. The molecule has 6 nitrogen and oxygen atoms in total. The molecule has 0 fully saturated rings. The van der Waals surface area contributed by atoms with Crippen molar-refractivity contribution in [3.05, 3.63) is 89.7 Å². The van der Waals surface area contributed by atoms with Crippen molar-refractivity contribution in [3.8, 4) is 34.0 Å². The summed E-state index contributed by atoms with van der Waals surface area (Å²) in [7, 11) is 0. The Morgan fingerprint density at radius 3 is 2.61 bits per heavy atom. The van der Waals surface area contributed by atoms with Gasteiger partial charge in [-0.15, -0.1) is 0 Å². The lowest BCUT2D eigenvalue weighted by molar-refractivity contribution is 0.0954. The van der Waals surface area contributed by atoms with Crippen LogP contribution in [0.1, 0.15) is 15.9 Å². The summed E-state index contributed by atoms with van der Waals surface area (Å²) in [5.41, 5.74) is 4.91. The molecule has 3 aromatic carbocycles. The first-order valence-corrected chi connectivity index (χ1v) is 10.7. The maximum absolute atomic E-state index is 13.0. The molecule has 1 aliphatic rings. The van der Waals surface area contributed by atoms with E-state index in [4.69, 9.17) is 9.47 Å². The topological polar surface area (TPSA) is 76.2 Å². The predicted octanol–water partition coefficient (Wildman–Crippen LogP) is 4.63. The third-order valence-corrected chi connectivity index (χ3v) is 5.49. The number of nitrogens with one attached hydrogen (secondary N) is 2. The number of aromatic amines is 1. The van der Waals surface area contributed by atoms with E-state index in [2.05, 4.69) is 15.5 Å². The van der Waals surface area contributed by atoms with E-state index in [1.54, 1.807) is 24.3 Å². The first-order chi connectivity index (χ1) is 16.2. The number of aromatic nitrogens is 2. The zero-order valence-corrected chi connectivity index (χ0v) is 17.8. The maximum atomic E-state index is 13.0. The summed E-state index contributed by atoms with van der Waals surface area (Å²) < 4.78 is 24.4. The Morgan fingerprint density at radius 2 is 1.79 bits per heavy atom. The fourth-order valence-electron chi connectivity index (χ4n) is 3.76. The van der Waals surface area contributed by atoms with E-state index >= 15 is 0 Å². The molecule has 5 rings (SSSR count). The Hall–Kier alpha value is -4.13. The van der Waals surface area contributed by atoms with Crippen molar-refractivity contribution >= 4 is 5.91 Å². The van der Waals surface area contributed by atoms with Gasteiger partial charge in [0.1, 0.15) is 19.0 Å². The van der Waals surface area contributed by atoms with Crippen LogP contribution in [0, 0.1) is 5.82 Å². The maximum Gasteiger partial charge on any atom is 0.251 e. The number of amides is 1. The van der Waals surface area contributed by atoms with Crippen LogP contribution in [0.5, 0.6) is 11.5 Å². The van der Waals surface area contributed by atoms with Gasteiger partial charge < -0.3 is 14.8 Å². The van der Waals surface area contributed by atoms with Crippen LogP contribution in [0.3, 0.4) is 0 Å². The van der Waals surface area contributed by atoms with Gasteiger partial charge in [-0.3, -0.25) is 9.89 Å². The molecule has 0 radical (unpaired) electrons. The van der Waals surface area contributed by atoms with E-state index in [0.717, 1.165) is 33.8 Å². The van der Waals surface area contributed by atoms with Gasteiger partial charge in [-0.2, -0.15) is 5.10 Å². The fourth-order valence-corrected chi connectivity index (χ4v) is 3.76. The number of hydrogen-bond acceptors (Lipinski definition) is 4. The number of halogens is 1. The lowest BCUT2D eigenvalue weighted by Gasteiger charge is -2.20. The smallest absolute Gasteiger partial charge is 0.251 e. The van der Waals surface area contributed by atoms with Gasteiger partial charge in [0.2, 0.25) is 0 Å². The zero-order chi connectivity index (χ0) is 22.6. The minimum Gasteiger partial charge on any atom is -0.486 e. The van der Waals surface area contributed by atoms with Gasteiger partial charge in [0.15, 0.2) is 11.5 Å². The Morgan fingerprint density at radius 1 is 1.00 bits per heavy atom. The highest BCUT2D eigenvalue weighted by Gasteiger charge is 2.18. The molecule has 0 saturated heterocycles. The quantitative estimate of drug-likeness (QED) is 0.456. The van der Waals surface area contributed by atoms with Crippen molar-refractivity contribution in [3.63, 3.8) is 0 Å². The number of carbonyl (C=O) groups is 1. The number of benzene rings is 3. The van der Waals surface area contributed by atoms with E-state index in [9.17, 15) is 9.18 Å². The second kappa shape index (κ2) is 9.16. The van der Waals surface area contributed by atoms with Crippen LogP contribution < -0.4 is 14.8 Å². The van der Waals surface area contributed by atoms with Gasteiger partial charge >= 0.3 is 0 Å². The van der Waals surface area contributed by atoms with Gasteiger partial charge in [0, 0.05) is 23.2 Å². The summed E-state index contributed by atoms with van der Waals surface area (Å²) in [5, 5.41) is 10.4. The third kappa shape index (κ3) is 4.57. The highest BCUT2D eigenvalue weighted by Crippen LogP contribution is 2.39. The van der Waals surface area contributed by atoms with Crippen molar-refractivity contribution < 1.29 is 18.7 Å². The standard InChI is InChI=1S/C26H22FN3O3/c27-20-10-4-17(5-11-20)12-13-28-26(31)19-8-6-18(7-9-19)22-16-23(30-29-22)21-2-1-3-24-25(21)33-15-14-32-24/h1-11,16H,12-15H2,(H,28,31)(H,29,30). The average molecular weight is 443 g/mol. The van der Waals surface area contributed by atoms with Gasteiger partial charge in [-0.25, -0.2) is 4.39 Å². The van der Waals surface area contributed by atoms with Crippen LogP contribution in [0.15, 0.2) is 72.8 Å². The first kappa shape index (κ1) is 20.8. The zero-order valence-electron chi connectivity index (χ0n) is 17.8. The van der Waals surface area contributed by atoms with E-state index in [1.807, 2.05) is 36.4 Å². The van der Waals surface area contributed by atoms with E-state index in [0.29, 0.717) is 37.5 Å². The number of H-pyrrole nitrogens is 1. The molecule has 0 atom stereocenters. The number of fused-ring (bicyclic) bond motifs is 1. The van der Waals surface area contributed by atoms with Crippen LogP contribution in [-0.2, 0) is 6.42 Å². The molecule has 0 bridgehead atoms. The molecule has 0 spiro atoms. The van der Waals surface area contributed by atoms with Crippen LogP contribution >= 0.6 is 0 Å². The van der Waals surface area contributed by atoms with Gasteiger partial charge in [0.25, 0.3) is 5.91 Å². The fraction of sp³-hybridized carbons (Fsp3) is 0.154. The number of hydrogen-bond donors (Lipinski definition) is 2. The van der Waals surface area contributed by atoms with Crippen molar-refractivity contribution in [2.24, 2.45) is 0 Å². The largest absolute Gasteiger partial charge is 0.486 e. The Bertz CT molecular complexity index is 1270. The molecule has 0 unspecified atom stereocenters. The Balaban J connectivity index is 1.24. The summed E-state index contributed by atoms with van der Waals surface area (Å²) in [6, 6.07) is 21.3. The molecule has 33 heavy (non-hydrogen) atoms. The van der Waals surface area contributed by atoms with Gasteiger partial charge in [-0.1, -0.05) is 30.3 Å². The number of rotatable bonds is 6. The minimum absolute atomic E-state index is 0.153. The van der Waals surface area contributed by atoms with Crippen LogP contribution in [-0.4, -0.2) is 35.9 Å². The van der Waals surface area contributed by atoms with E-state index < -0.39 is 0 Å². The molecule has 0 saturated carbocycles. The van der Waals surface area contributed by atoms with Crippen molar-refractivity contribution in [2.75, 3.05) is 19.8 Å². The summed E-state index contributed by atoms with van der Waals surface area (Å²) in [6.45, 7) is 1.53. The second-order valence-electron chi connectivity index (χ2n) is 7.71. The number of para-hydroxylation sites is 1. The van der Waals surface area contributed by atoms with Crippen LogP contribution in [0.2, 0.25) is 0 Å². The Labute approximate surface area is 190 Å². The van der Waals surface area contributed by atoms with Crippen molar-refractivity contribution in [1.29, 1.82) is 0 Å². The number of nitrogens with zero attached hydrogens (tertiary/aromatic N) is 1.